The van der Waals surface area contributed by atoms with Gasteiger partial charge < -0.3 is 4.90 Å². The molecule has 2 aromatic rings. The van der Waals surface area contributed by atoms with E-state index in [0.717, 1.165) is 48.8 Å². The van der Waals surface area contributed by atoms with Crippen LogP contribution in [0.1, 0.15) is 55.1 Å². The summed E-state index contributed by atoms with van der Waals surface area (Å²) in [5, 5.41) is 0.767. The number of likely N-dealkylation sites (tertiary alicyclic amines) is 1. The lowest BCUT2D eigenvalue weighted by Crippen LogP contribution is -2.41. The molecule has 26 heavy (non-hydrogen) atoms. The van der Waals surface area contributed by atoms with Crippen molar-refractivity contribution in [2.24, 2.45) is 5.92 Å². The molecule has 2 heterocycles. The van der Waals surface area contributed by atoms with E-state index in [4.69, 9.17) is 16.6 Å². The lowest BCUT2D eigenvalue weighted by atomic mass is 9.91. The van der Waals surface area contributed by atoms with E-state index in [1.165, 1.54) is 11.1 Å². The number of amides is 1. The molecule has 0 radical (unpaired) electrons. The molecule has 1 fully saturated rings. The first-order chi connectivity index (χ1) is 12.4. The lowest BCUT2D eigenvalue weighted by Gasteiger charge is -2.34. The number of aryl methyl sites for hydroxylation is 1. The van der Waals surface area contributed by atoms with Crippen LogP contribution in [-0.4, -0.2) is 28.9 Å². The summed E-state index contributed by atoms with van der Waals surface area (Å²) in [4.78, 5) is 19.2. The molecular weight excluding hydrogens is 344 g/mol. The first-order valence-corrected chi connectivity index (χ1v) is 9.81. The largest absolute Gasteiger partial charge is 0.342 e. The van der Waals surface area contributed by atoms with Crippen molar-refractivity contribution in [2.75, 3.05) is 13.1 Å². The van der Waals surface area contributed by atoms with Crippen LogP contribution in [0, 0.1) is 12.8 Å². The van der Waals surface area contributed by atoms with Crippen molar-refractivity contribution in [2.45, 2.75) is 46.0 Å². The maximum Gasteiger partial charge on any atom is 0.225 e. The molecule has 3 nitrogen and oxygen atoms in total. The van der Waals surface area contributed by atoms with Gasteiger partial charge in [-0.05, 0) is 61.6 Å². The number of aromatic nitrogens is 1. The van der Waals surface area contributed by atoms with Gasteiger partial charge in [0.25, 0.3) is 0 Å². The molecule has 0 unspecified atom stereocenters. The SMILES string of the molecule is Cc1cc(Cc2cccc(Cl)c2)cc([C@H]2CCCN(C(=O)C(C)C)C2)n1. The molecule has 1 aromatic carbocycles. The molecule has 138 valence electrons. The third kappa shape index (κ3) is 4.64. The minimum atomic E-state index is 0.0533. The number of halogens is 1. The fourth-order valence-corrected chi connectivity index (χ4v) is 3.96. The smallest absolute Gasteiger partial charge is 0.225 e. The Kier molecular flexibility index (Phi) is 5.98. The first kappa shape index (κ1) is 18.9. The third-order valence-corrected chi connectivity index (χ3v) is 5.21. The van der Waals surface area contributed by atoms with Crippen molar-refractivity contribution in [3.63, 3.8) is 0 Å². The number of piperidine rings is 1. The average Bonchev–Trinajstić information content (AvgIpc) is 2.60. The molecule has 1 amide bonds. The second-order valence-corrected chi connectivity index (χ2v) is 8.06. The summed E-state index contributed by atoms with van der Waals surface area (Å²) in [6.45, 7) is 7.64. The van der Waals surface area contributed by atoms with E-state index in [9.17, 15) is 4.79 Å². The Morgan fingerprint density at radius 3 is 2.81 bits per heavy atom. The van der Waals surface area contributed by atoms with Crippen LogP contribution in [0.15, 0.2) is 36.4 Å². The van der Waals surface area contributed by atoms with Gasteiger partial charge in [0.15, 0.2) is 0 Å². The maximum atomic E-state index is 12.4. The van der Waals surface area contributed by atoms with E-state index in [-0.39, 0.29) is 11.8 Å². The molecule has 1 atom stereocenters. The van der Waals surface area contributed by atoms with Crippen LogP contribution in [0.25, 0.3) is 0 Å². The van der Waals surface area contributed by atoms with Gasteiger partial charge in [0.1, 0.15) is 0 Å². The highest BCUT2D eigenvalue weighted by Gasteiger charge is 2.27. The normalized spacial score (nSPS) is 17.6. The topological polar surface area (TPSA) is 33.2 Å². The van der Waals surface area contributed by atoms with Crippen molar-refractivity contribution in [1.82, 2.24) is 9.88 Å². The van der Waals surface area contributed by atoms with Gasteiger partial charge in [-0.3, -0.25) is 9.78 Å². The molecule has 1 aliphatic heterocycles. The number of carbonyl (C=O) groups excluding carboxylic acids is 1. The minimum absolute atomic E-state index is 0.0533. The summed E-state index contributed by atoms with van der Waals surface area (Å²) in [6, 6.07) is 12.4. The van der Waals surface area contributed by atoms with Crippen LogP contribution in [-0.2, 0) is 11.2 Å². The summed E-state index contributed by atoms with van der Waals surface area (Å²) in [5.74, 6) is 0.628. The van der Waals surface area contributed by atoms with E-state index in [1.54, 1.807) is 0 Å². The van der Waals surface area contributed by atoms with Gasteiger partial charge in [0.05, 0.1) is 0 Å². The highest BCUT2D eigenvalue weighted by molar-refractivity contribution is 6.30. The molecule has 0 spiro atoms. The number of carbonyl (C=O) groups is 1. The van der Waals surface area contributed by atoms with Crippen molar-refractivity contribution >= 4 is 17.5 Å². The average molecular weight is 371 g/mol. The molecule has 0 N–H and O–H groups in total. The van der Waals surface area contributed by atoms with Crippen molar-refractivity contribution < 1.29 is 4.79 Å². The Bertz CT molecular complexity index is 787. The zero-order chi connectivity index (χ0) is 18.7. The molecule has 4 heteroatoms. The van der Waals surface area contributed by atoms with Gasteiger partial charge in [-0.2, -0.15) is 0 Å². The van der Waals surface area contributed by atoms with Crippen LogP contribution in [0.3, 0.4) is 0 Å². The Morgan fingerprint density at radius 1 is 1.27 bits per heavy atom. The zero-order valence-electron chi connectivity index (χ0n) is 15.8. The Labute approximate surface area is 161 Å². The monoisotopic (exact) mass is 370 g/mol. The van der Waals surface area contributed by atoms with Gasteiger partial charge >= 0.3 is 0 Å². The number of hydrogen-bond acceptors (Lipinski definition) is 2. The number of benzene rings is 1. The third-order valence-electron chi connectivity index (χ3n) is 4.98. The van der Waals surface area contributed by atoms with Gasteiger partial charge in [-0.1, -0.05) is 37.6 Å². The lowest BCUT2D eigenvalue weighted by molar-refractivity contribution is -0.135. The second kappa shape index (κ2) is 8.22. The molecule has 1 aromatic heterocycles. The van der Waals surface area contributed by atoms with Crippen molar-refractivity contribution in [3.8, 4) is 0 Å². The maximum absolute atomic E-state index is 12.4. The number of pyridine rings is 1. The summed E-state index contributed by atoms with van der Waals surface area (Å²) < 4.78 is 0. The Hall–Kier alpha value is -1.87. The molecule has 1 saturated heterocycles. The zero-order valence-corrected chi connectivity index (χ0v) is 16.6. The quantitative estimate of drug-likeness (QED) is 0.759. The van der Waals surface area contributed by atoms with Crippen LogP contribution in [0.2, 0.25) is 5.02 Å². The van der Waals surface area contributed by atoms with Crippen molar-refractivity contribution in [3.05, 3.63) is 63.9 Å². The number of nitrogens with zero attached hydrogens (tertiary/aromatic N) is 2. The van der Waals surface area contributed by atoms with Crippen LogP contribution >= 0.6 is 11.6 Å². The molecule has 0 bridgehead atoms. The standard InChI is InChI=1S/C22H27ClN2O/c1-15(2)22(26)25-9-5-7-19(14-25)21-13-18(10-16(3)24-21)11-17-6-4-8-20(23)12-17/h4,6,8,10,12-13,15,19H,5,7,9,11,14H2,1-3H3/t19-/m0/s1. The van der Waals surface area contributed by atoms with E-state index in [2.05, 4.69) is 18.2 Å². The van der Waals surface area contributed by atoms with E-state index < -0.39 is 0 Å². The molecule has 3 rings (SSSR count). The molecule has 0 aliphatic carbocycles. The minimum Gasteiger partial charge on any atom is -0.342 e. The molecular formula is C22H27ClN2O. The van der Waals surface area contributed by atoms with Crippen molar-refractivity contribution in [1.29, 1.82) is 0 Å². The Balaban J connectivity index is 1.79. The van der Waals surface area contributed by atoms with Gasteiger partial charge in [0.2, 0.25) is 5.91 Å². The molecule has 0 saturated carbocycles. The van der Waals surface area contributed by atoms with Crippen LogP contribution < -0.4 is 0 Å². The molecule has 1 aliphatic rings. The number of rotatable bonds is 4. The highest BCUT2D eigenvalue weighted by atomic mass is 35.5. The van der Waals surface area contributed by atoms with Gasteiger partial charge in [0, 0.05) is 41.3 Å². The van der Waals surface area contributed by atoms with Crippen LogP contribution in [0.4, 0.5) is 0 Å². The van der Waals surface area contributed by atoms with Crippen LogP contribution in [0.5, 0.6) is 0 Å². The first-order valence-electron chi connectivity index (χ1n) is 9.43. The number of hydrogen-bond donors (Lipinski definition) is 0. The summed E-state index contributed by atoms with van der Waals surface area (Å²) in [6.07, 6.45) is 2.98. The Morgan fingerprint density at radius 2 is 2.08 bits per heavy atom. The predicted octanol–water partition coefficient (Wildman–Crippen LogP) is 5.00. The summed E-state index contributed by atoms with van der Waals surface area (Å²) in [5.41, 5.74) is 4.60. The van der Waals surface area contributed by atoms with Gasteiger partial charge in [-0.25, -0.2) is 0 Å². The second-order valence-electron chi connectivity index (χ2n) is 7.63. The highest BCUT2D eigenvalue weighted by Crippen LogP contribution is 2.28. The van der Waals surface area contributed by atoms with E-state index >= 15 is 0 Å². The predicted molar refractivity (Wildman–Crippen MR) is 107 cm³/mol. The van der Waals surface area contributed by atoms with E-state index in [1.807, 2.05) is 43.9 Å². The van der Waals surface area contributed by atoms with E-state index in [0.29, 0.717) is 5.92 Å². The fraction of sp³-hybridized carbons (Fsp3) is 0.455. The fourth-order valence-electron chi connectivity index (χ4n) is 3.75. The van der Waals surface area contributed by atoms with Gasteiger partial charge in [-0.15, -0.1) is 0 Å². The summed E-state index contributed by atoms with van der Waals surface area (Å²) in [7, 11) is 0. The summed E-state index contributed by atoms with van der Waals surface area (Å²) >= 11 is 6.12.